The zero-order valence-corrected chi connectivity index (χ0v) is 30.2. The first-order chi connectivity index (χ1) is 28.4. The van der Waals surface area contributed by atoms with E-state index in [0.29, 0.717) is 5.56 Å². The molecule has 0 spiro atoms. The Labute approximate surface area is 321 Å². The zero-order chi connectivity index (χ0) is 39.2. The predicted molar refractivity (Wildman–Crippen MR) is 230 cm³/mol. The van der Waals surface area contributed by atoms with Gasteiger partial charge in [-0.3, -0.25) is 0 Å². The van der Waals surface area contributed by atoms with Crippen LogP contribution >= 0.6 is 0 Å². The van der Waals surface area contributed by atoms with Crippen molar-refractivity contribution in [2.75, 3.05) is 0 Å². The summed E-state index contributed by atoms with van der Waals surface area (Å²) in [6.07, 6.45) is 0. The van der Waals surface area contributed by atoms with Crippen LogP contribution in [0.2, 0.25) is 0 Å². The Morgan fingerprint density at radius 3 is 1.34 bits per heavy atom. The van der Waals surface area contributed by atoms with Crippen LogP contribution in [0.3, 0.4) is 0 Å². The standard InChI is InChI=1S/C52H32Se/c1-3-16-33(17-4-1)48-36-20-7-9-22-38(36)50(39-23-10-8-21-37(39)48)35-30-31-44-47(32-35)53-46-29-15-28-45(52(44)46)51-42-26-13-11-24-40(42)49(34-18-5-2-6-19-34)41-25-12-14-27-43(41)51/h1-32H/i1D,3D,4D,16D,17D. The van der Waals surface area contributed by atoms with Gasteiger partial charge in [0.25, 0.3) is 0 Å². The van der Waals surface area contributed by atoms with E-state index in [1.165, 1.54) is 63.1 Å². The molecule has 11 rings (SSSR count). The van der Waals surface area contributed by atoms with Crippen molar-refractivity contribution in [1.29, 1.82) is 0 Å². The molecule has 246 valence electrons. The number of hydrogen-bond donors (Lipinski definition) is 0. The molecule has 1 heterocycles. The average molecular weight is 741 g/mol. The van der Waals surface area contributed by atoms with E-state index in [1.807, 2.05) is 36.4 Å². The molecule has 0 aliphatic rings. The van der Waals surface area contributed by atoms with Crippen LogP contribution in [0.1, 0.15) is 6.85 Å². The molecule has 0 saturated carbocycles. The summed E-state index contributed by atoms with van der Waals surface area (Å²) in [4.78, 5) is 0. The van der Waals surface area contributed by atoms with Crippen molar-refractivity contribution in [1.82, 2.24) is 0 Å². The van der Waals surface area contributed by atoms with Crippen LogP contribution in [0.5, 0.6) is 0 Å². The first-order valence-corrected chi connectivity index (χ1v) is 19.6. The maximum absolute atomic E-state index is 8.94. The van der Waals surface area contributed by atoms with Crippen molar-refractivity contribution < 1.29 is 6.85 Å². The van der Waals surface area contributed by atoms with Crippen LogP contribution < -0.4 is 0 Å². The summed E-state index contributed by atoms with van der Waals surface area (Å²) in [5, 5.41) is 11.2. The fourth-order valence-corrected chi connectivity index (χ4v) is 11.1. The maximum atomic E-state index is 8.94. The van der Waals surface area contributed by atoms with E-state index in [0.717, 1.165) is 32.7 Å². The molecule has 0 aliphatic heterocycles. The van der Waals surface area contributed by atoms with Crippen LogP contribution in [-0.4, -0.2) is 14.5 Å². The number of rotatable bonds is 4. The Morgan fingerprint density at radius 1 is 0.321 bits per heavy atom. The van der Waals surface area contributed by atoms with E-state index < -0.39 is 6.04 Å². The van der Waals surface area contributed by atoms with Crippen molar-refractivity contribution >= 4 is 76.9 Å². The first kappa shape index (κ1) is 25.7. The van der Waals surface area contributed by atoms with Gasteiger partial charge in [0, 0.05) is 0 Å². The van der Waals surface area contributed by atoms with Gasteiger partial charge in [-0.15, -0.1) is 0 Å². The van der Waals surface area contributed by atoms with Crippen LogP contribution in [-0.2, 0) is 0 Å². The molecule has 0 fully saturated rings. The Bertz CT molecular complexity index is 3370. The molecular formula is C52H32Se. The number of fused-ring (bicyclic) bond motifs is 7. The predicted octanol–water partition coefficient (Wildman–Crippen LogP) is 14.3. The minimum absolute atomic E-state index is 0.0606. The summed E-state index contributed by atoms with van der Waals surface area (Å²) in [6, 6.07) is 56.8. The minimum atomic E-state index is -0.390. The van der Waals surface area contributed by atoms with Gasteiger partial charge < -0.3 is 0 Å². The molecule has 10 aromatic carbocycles. The number of benzene rings is 10. The molecular weight excluding hydrogens is 704 g/mol. The van der Waals surface area contributed by atoms with Crippen LogP contribution in [0, 0.1) is 0 Å². The summed E-state index contributed by atoms with van der Waals surface area (Å²) in [6.45, 7) is 0. The molecule has 11 aromatic rings. The van der Waals surface area contributed by atoms with Gasteiger partial charge in [-0.05, 0) is 0 Å². The zero-order valence-electron chi connectivity index (χ0n) is 33.5. The molecule has 1 aromatic heterocycles. The second kappa shape index (κ2) is 12.2. The van der Waals surface area contributed by atoms with Gasteiger partial charge in [0.05, 0.1) is 0 Å². The van der Waals surface area contributed by atoms with Gasteiger partial charge in [0.15, 0.2) is 0 Å². The molecule has 53 heavy (non-hydrogen) atoms. The molecule has 0 atom stereocenters. The number of hydrogen-bond acceptors (Lipinski definition) is 0. The quantitative estimate of drug-likeness (QED) is 0.124. The van der Waals surface area contributed by atoms with Crippen molar-refractivity contribution in [2.24, 2.45) is 0 Å². The third kappa shape index (κ3) is 4.69. The van der Waals surface area contributed by atoms with Gasteiger partial charge in [0.2, 0.25) is 0 Å². The van der Waals surface area contributed by atoms with Gasteiger partial charge >= 0.3 is 322 Å². The third-order valence-electron chi connectivity index (χ3n) is 10.7. The normalized spacial score (nSPS) is 13.1. The Morgan fingerprint density at radius 2 is 0.792 bits per heavy atom. The Hall–Kier alpha value is -6.24. The molecule has 0 N–H and O–H groups in total. The van der Waals surface area contributed by atoms with Gasteiger partial charge in [0.1, 0.15) is 0 Å². The molecule has 0 unspecified atom stereocenters. The van der Waals surface area contributed by atoms with E-state index in [2.05, 4.69) is 127 Å². The van der Waals surface area contributed by atoms with Gasteiger partial charge in [-0.2, -0.15) is 0 Å². The van der Waals surface area contributed by atoms with E-state index >= 15 is 0 Å². The third-order valence-corrected chi connectivity index (χ3v) is 13.1. The summed E-state index contributed by atoms with van der Waals surface area (Å²) in [5.74, 6) is 0. The van der Waals surface area contributed by atoms with E-state index in [9.17, 15) is 0 Å². The summed E-state index contributed by atoms with van der Waals surface area (Å²) >= 11 is 0.0606. The van der Waals surface area contributed by atoms with Crippen LogP contribution in [0.25, 0.3) is 107 Å². The molecule has 0 bridgehead atoms. The SMILES string of the molecule is [2H]c1c([2H])c([2H])c(-c2c3ccccc3c(-c3ccc4c(c3)[se]c3cccc(-c5c6ccccc6c(-c6ccccc6)c6ccccc56)c34)c3ccccc23)c([2H])c1[2H]. The molecule has 0 radical (unpaired) electrons. The van der Waals surface area contributed by atoms with Gasteiger partial charge in [-0.1, -0.05) is 0 Å². The average Bonchev–Trinajstić information content (AvgIpc) is 3.65. The molecule has 0 aliphatic carbocycles. The Kier molecular flexibility index (Phi) is 5.90. The van der Waals surface area contributed by atoms with Crippen LogP contribution in [0.4, 0.5) is 0 Å². The molecule has 0 nitrogen and oxygen atoms in total. The van der Waals surface area contributed by atoms with Crippen LogP contribution in [0.15, 0.2) is 194 Å². The topological polar surface area (TPSA) is 0 Å². The fourth-order valence-electron chi connectivity index (χ4n) is 8.61. The molecule has 0 saturated heterocycles. The molecule has 0 amide bonds. The fraction of sp³-hybridized carbons (Fsp3) is 0. The summed E-state index contributed by atoms with van der Waals surface area (Å²) in [7, 11) is 0. The van der Waals surface area contributed by atoms with Gasteiger partial charge in [-0.25, -0.2) is 0 Å². The Balaban J connectivity index is 1.18. The van der Waals surface area contributed by atoms with E-state index in [4.69, 9.17) is 6.85 Å². The summed E-state index contributed by atoms with van der Waals surface area (Å²) < 4.78 is 45.8. The van der Waals surface area contributed by atoms with Crippen molar-refractivity contribution in [3.05, 3.63) is 194 Å². The van der Waals surface area contributed by atoms with E-state index in [1.54, 1.807) is 0 Å². The van der Waals surface area contributed by atoms with Crippen molar-refractivity contribution in [3.8, 4) is 44.5 Å². The first-order valence-electron chi connectivity index (χ1n) is 20.4. The summed E-state index contributed by atoms with van der Waals surface area (Å²) in [5.41, 5.74) is 8.03. The second-order valence-corrected chi connectivity index (χ2v) is 15.8. The van der Waals surface area contributed by atoms with E-state index in [-0.39, 0.29) is 44.2 Å². The second-order valence-electron chi connectivity index (χ2n) is 13.5. The van der Waals surface area contributed by atoms with Crippen molar-refractivity contribution in [2.45, 2.75) is 0 Å². The van der Waals surface area contributed by atoms with Crippen molar-refractivity contribution in [3.63, 3.8) is 0 Å². The monoisotopic (exact) mass is 741 g/mol. The molecule has 1 heteroatoms.